The summed E-state index contributed by atoms with van der Waals surface area (Å²) < 4.78 is 0. The first-order chi connectivity index (χ1) is 8.38. The van der Waals surface area contributed by atoms with Crippen molar-refractivity contribution in [2.24, 2.45) is 0 Å². The summed E-state index contributed by atoms with van der Waals surface area (Å²) in [6, 6.07) is 9.01. The Hall–Kier alpha value is -0.510. The summed E-state index contributed by atoms with van der Waals surface area (Å²) in [6.07, 6.45) is 1.34. The second-order valence-electron chi connectivity index (χ2n) is 4.59. The van der Waals surface area contributed by atoms with Gasteiger partial charge in [-0.15, -0.1) is 0 Å². The van der Waals surface area contributed by atoms with Gasteiger partial charge in [0.1, 0.15) is 0 Å². The Kier molecular flexibility index (Phi) is 5.36. The highest BCUT2D eigenvalue weighted by molar-refractivity contribution is 7.99. The van der Waals surface area contributed by atoms with Crippen LogP contribution in [-0.4, -0.2) is 36.5 Å². The van der Waals surface area contributed by atoms with Gasteiger partial charge in [0, 0.05) is 25.4 Å². The van der Waals surface area contributed by atoms with E-state index in [1.807, 2.05) is 7.05 Å². The van der Waals surface area contributed by atoms with E-state index in [1.54, 1.807) is 0 Å². The van der Waals surface area contributed by atoms with Gasteiger partial charge in [0.2, 0.25) is 0 Å². The minimum atomic E-state index is 0.959. The van der Waals surface area contributed by atoms with E-state index in [2.05, 4.69) is 46.2 Å². The monoisotopic (exact) mass is 250 g/mol. The number of benzene rings is 1. The third kappa shape index (κ3) is 4.34. The quantitative estimate of drug-likeness (QED) is 0.883. The summed E-state index contributed by atoms with van der Waals surface area (Å²) >= 11 is 2.09. The van der Waals surface area contributed by atoms with Crippen LogP contribution in [0.15, 0.2) is 24.3 Å². The Bertz CT molecular complexity index is 315. The van der Waals surface area contributed by atoms with Gasteiger partial charge >= 0.3 is 0 Å². The highest BCUT2D eigenvalue weighted by atomic mass is 32.2. The van der Waals surface area contributed by atoms with Crippen molar-refractivity contribution in [1.82, 2.24) is 10.2 Å². The summed E-state index contributed by atoms with van der Waals surface area (Å²) in [5, 5.41) is 3.18. The molecule has 0 spiro atoms. The Morgan fingerprint density at radius 2 is 1.88 bits per heavy atom. The third-order valence-electron chi connectivity index (χ3n) is 3.12. The zero-order chi connectivity index (χ0) is 11.9. The number of rotatable bonds is 4. The molecule has 17 heavy (non-hydrogen) atoms. The highest BCUT2D eigenvalue weighted by Gasteiger charge is 2.09. The van der Waals surface area contributed by atoms with Crippen molar-refractivity contribution >= 4 is 11.8 Å². The van der Waals surface area contributed by atoms with Gasteiger partial charge in [0.15, 0.2) is 0 Å². The van der Waals surface area contributed by atoms with Crippen LogP contribution in [0.2, 0.25) is 0 Å². The van der Waals surface area contributed by atoms with E-state index in [-0.39, 0.29) is 0 Å². The fourth-order valence-corrected chi connectivity index (χ4v) is 3.11. The maximum absolute atomic E-state index is 3.18. The second kappa shape index (κ2) is 7.04. The van der Waals surface area contributed by atoms with Gasteiger partial charge in [0.25, 0.3) is 0 Å². The summed E-state index contributed by atoms with van der Waals surface area (Å²) in [5.74, 6) is 2.62. The predicted octanol–water partition coefficient (Wildman–Crippen LogP) is 2.34. The molecule has 1 aliphatic rings. The Morgan fingerprint density at radius 3 is 2.65 bits per heavy atom. The van der Waals surface area contributed by atoms with Crippen LogP contribution >= 0.6 is 11.8 Å². The molecular formula is C14H22N2S. The lowest BCUT2D eigenvalue weighted by molar-refractivity contribution is 0.287. The molecular weight excluding hydrogens is 228 g/mol. The molecule has 1 aliphatic heterocycles. The van der Waals surface area contributed by atoms with Crippen LogP contribution in [0, 0.1) is 0 Å². The SMILES string of the molecule is CNCc1ccc(CN2CCCSCC2)cc1. The summed E-state index contributed by atoms with van der Waals surface area (Å²) in [6.45, 7) is 4.56. The number of hydrogen-bond donors (Lipinski definition) is 1. The van der Waals surface area contributed by atoms with Crippen LogP contribution in [-0.2, 0) is 13.1 Å². The van der Waals surface area contributed by atoms with E-state index < -0.39 is 0 Å². The van der Waals surface area contributed by atoms with Crippen molar-refractivity contribution < 1.29 is 0 Å². The average Bonchev–Trinajstić information content (AvgIpc) is 2.61. The van der Waals surface area contributed by atoms with Gasteiger partial charge in [-0.2, -0.15) is 11.8 Å². The molecule has 0 aliphatic carbocycles. The molecule has 1 heterocycles. The summed E-state index contributed by atoms with van der Waals surface area (Å²) in [4.78, 5) is 2.58. The molecule has 1 aromatic rings. The van der Waals surface area contributed by atoms with E-state index in [4.69, 9.17) is 0 Å². The smallest absolute Gasteiger partial charge is 0.0234 e. The van der Waals surface area contributed by atoms with E-state index in [0.29, 0.717) is 0 Å². The zero-order valence-corrected chi connectivity index (χ0v) is 11.4. The summed E-state index contributed by atoms with van der Waals surface area (Å²) in [5.41, 5.74) is 2.81. The lowest BCUT2D eigenvalue weighted by Crippen LogP contribution is -2.25. The molecule has 0 amide bonds. The first-order valence-electron chi connectivity index (χ1n) is 6.41. The minimum Gasteiger partial charge on any atom is -0.316 e. The Morgan fingerprint density at radius 1 is 1.12 bits per heavy atom. The molecule has 1 N–H and O–H groups in total. The maximum Gasteiger partial charge on any atom is 0.0234 e. The molecule has 1 saturated heterocycles. The lowest BCUT2D eigenvalue weighted by atomic mass is 10.1. The van der Waals surface area contributed by atoms with Crippen molar-refractivity contribution in [1.29, 1.82) is 0 Å². The van der Waals surface area contributed by atoms with E-state index in [9.17, 15) is 0 Å². The molecule has 2 nitrogen and oxygen atoms in total. The van der Waals surface area contributed by atoms with Crippen LogP contribution in [0.25, 0.3) is 0 Å². The van der Waals surface area contributed by atoms with E-state index >= 15 is 0 Å². The van der Waals surface area contributed by atoms with Crippen LogP contribution in [0.5, 0.6) is 0 Å². The Balaban J connectivity index is 1.88. The van der Waals surface area contributed by atoms with Crippen molar-refractivity contribution in [2.75, 3.05) is 31.6 Å². The molecule has 2 rings (SSSR count). The molecule has 1 fully saturated rings. The molecule has 3 heteroatoms. The third-order valence-corrected chi connectivity index (χ3v) is 4.17. The van der Waals surface area contributed by atoms with Gasteiger partial charge in [0.05, 0.1) is 0 Å². The molecule has 0 unspecified atom stereocenters. The fraction of sp³-hybridized carbons (Fsp3) is 0.571. The molecule has 1 aromatic carbocycles. The molecule has 0 saturated carbocycles. The fourth-order valence-electron chi connectivity index (χ4n) is 2.18. The van der Waals surface area contributed by atoms with Crippen molar-refractivity contribution in [3.05, 3.63) is 35.4 Å². The van der Waals surface area contributed by atoms with Crippen molar-refractivity contribution in [3.8, 4) is 0 Å². The average molecular weight is 250 g/mol. The minimum absolute atomic E-state index is 0.959. The number of hydrogen-bond acceptors (Lipinski definition) is 3. The van der Waals surface area contributed by atoms with Crippen LogP contribution in [0.1, 0.15) is 17.5 Å². The normalized spacial score (nSPS) is 17.9. The number of nitrogens with one attached hydrogen (secondary N) is 1. The number of thioether (sulfide) groups is 1. The highest BCUT2D eigenvalue weighted by Crippen LogP contribution is 2.13. The van der Waals surface area contributed by atoms with Gasteiger partial charge in [-0.1, -0.05) is 24.3 Å². The maximum atomic E-state index is 3.18. The molecule has 0 aromatic heterocycles. The largest absolute Gasteiger partial charge is 0.316 e. The molecule has 0 bridgehead atoms. The molecule has 94 valence electrons. The van der Waals surface area contributed by atoms with Crippen LogP contribution in [0.3, 0.4) is 0 Å². The van der Waals surface area contributed by atoms with Crippen molar-refractivity contribution in [3.63, 3.8) is 0 Å². The van der Waals surface area contributed by atoms with Gasteiger partial charge in [-0.05, 0) is 36.9 Å². The van der Waals surface area contributed by atoms with Crippen LogP contribution < -0.4 is 5.32 Å². The standard InChI is InChI=1S/C14H22N2S/c1-15-11-13-3-5-14(6-4-13)12-16-7-2-9-17-10-8-16/h3-6,15H,2,7-12H2,1H3. The van der Waals surface area contributed by atoms with Gasteiger partial charge in [-0.25, -0.2) is 0 Å². The van der Waals surface area contributed by atoms with Crippen LogP contribution in [0.4, 0.5) is 0 Å². The first kappa shape index (κ1) is 12.9. The molecule has 0 radical (unpaired) electrons. The topological polar surface area (TPSA) is 15.3 Å². The molecule has 0 atom stereocenters. The summed E-state index contributed by atoms with van der Waals surface area (Å²) in [7, 11) is 1.99. The van der Waals surface area contributed by atoms with Gasteiger partial charge < -0.3 is 5.32 Å². The Labute approximate surface area is 109 Å². The van der Waals surface area contributed by atoms with Gasteiger partial charge in [-0.3, -0.25) is 4.90 Å². The number of nitrogens with zero attached hydrogens (tertiary/aromatic N) is 1. The van der Waals surface area contributed by atoms with E-state index in [0.717, 1.165) is 13.1 Å². The lowest BCUT2D eigenvalue weighted by Gasteiger charge is -2.19. The van der Waals surface area contributed by atoms with E-state index in [1.165, 1.54) is 42.1 Å². The predicted molar refractivity (Wildman–Crippen MR) is 76.4 cm³/mol. The zero-order valence-electron chi connectivity index (χ0n) is 10.6. The first-order valence-corrected chi connectivity index (χ1v) is 7.56. The second-order valence-corrected chi connectivity index (χ2v) is 5.81. The van der Waals surface area contributed by atoms with Crippen molar-refractivity contribution in [2.45, 2.75) is 19.5 Å².